The molecule has 1 aliphatic heterocycles. The molecule has 0 radical (unpaired) electrons. The van der Waals surface area contributed by atoms with Gasteiger partial charge in [0.15, 0.2) is 5.69 Å². The number of carbonyl (C=O) groups is 1. The number of quaternary nitrogens is 1. The van der Waals surface area contributed by atoms with E-state index in [1.54, 1.807) is 18.2 Å². The van der Waals surface area contributed by atoms with Crippen LogP contribution < -0.4 is 5.23 Å². The number of methoxy groups -OCH3 is 1. The van der Waals surface area contributed by atoms with Crippen LogP contribution in [0.15, 0.2) is 53.4 Å². The second-order valence-corrected chi connectivity index (χ2v) is 7.83. The summed E-state index contributed by atoms with van der Waals surface area (Å²) in [7, 11) is -2.75. The van der Waals surface area contributed by atoms with Gasteiger partial charge in [-0.3, -0.25) is 4.79 Å². The standard InChI is InChI=1S/C17H18N2O6S/c1-11-6-8-14(9-7-11)26(23,24)18-15(16(18)17(20)25-2)12-4-3-5-13(10-12)19(21)22/h3-10,15-16,19,21H,1-2H3. The average molecular weight is 378 g/mol. The number of aryl methyl sites for hydroxylation is 1. The van der Waals surface area contributed by atoms with Gasteiger partial charge >= 0.3 is 5.97 Å². The van der Waals surface area contributed by atoms with Gasteiger partial charge in [-0.15, -0.1) is 0 Å². The van der Waals surface area contributed by atoms with Crippen LogP contribution in [-0.4, -0.2) is 37.1 Å². The highest BCUT2D eigenvalue weighted by Gasteiger charge is 2.61. The zero-order valence-electron chi connectivity index (χ0n) is 14.1. The van der Waals surface area contributed by atoms with E-state index in [-0.39, 0.29) is 10.6 Å². The molecular weight excluding hydrogens is 360 g/mol. The molecule has 9 heteroatoms. The first-order valence-electron chi connectivity index (χ1n) is 7.78. The average Bonchev–Trinajstić information content (AvgIpc) is 3.38. The lowest BCUT2D eigenvalue weighted by Gasteiger charge is -2.12. The Hall–Kier alpha value is -2.30. The minimum absolute atomic E-state index is 0.0192. The van der Waals surface area contributed by atoms with Crippen LogP contribution in [-0.2, 0) is 19.6 Å². The Morgan fingerprint density at radius 3 is 2.46 bits per heavy atom. The molecule has 26 heavy (non-hydrogen) atoms. The molecule has 4 unspecified atom stereocenters. The van der Waals surface area contributed by atoms with Gasteiger partial charge in [0.1, 0.15) is 6.04 Å². The predicted molar refractivity (Wildman–Crippen MR) is 91.0 cm³/mol. The summed E-state index contributed by atoms with van der Waals surface area (Å²) in [6, 6.07) is 10.4. The lowest BCUT2D eigenvalue weighted by Crippen LogP contribution is -2.99. The van der Waals surface area contributed by atoms with Crippen LogP contribution in [0.1, 0.15) is 17.2 Å². The molecule has 0 amide bonds. The van der Waals surface area contributed by atoms with E-state index in [1.165, 1.54) is 37.4 Å². The Morgan fingerprint density at radius 1 is 1.23 bits per heavy atom. The molecule has 138 valence electrons. The SMILES string of the molecule is COC(=O)C1C(c2cccc([NH+]([O-])O)c2)N1S(=O)(=O)c1ccc(C)cc1. The van der Waals surface area contributed by atoms with Crippen molar-refractivity contribution in [1.82, 2.24) is 4.31 Å². The van der Waals surface area contributed by atoms with Gasteiger partial charge in [-0.1, -0.05) is 29.8 Å². The van der Waals surface area contributed by atoms with Crippen LogP contribution in [0.5, 0.6) is 0 Å². The Balaban J connectivity index is 2.01. The van der Waals surface area contributed by atoms with E-state index >= 15 is 0 Å². The number of hydrogen-bond acceptors (Lipinski definition) is 6. The quantitative estimate of drug-likeness (QED) is 0.450. The first-order valence-corrected chi connectivity index (χ1v) is 9.22. The molecule has 2 N–H and O–H groups in total. The van der Waals surface area contributed by atoms with Crippen LogP contribution in [0.3, 0.4) is 0 Å². The summed E-state index contributed by atoms with van der Waals surface area (Å²) in [6.45, 7) is 1.84. The van der Waals surface area contributed by atoms with Gasteiger partial charge in [-0.05, 0) is 24.6 Å². The van der Waals surface area contributed by atoms with E-state index in [4.69, 9.17) is 9.94 Å². The molecule has 0 saturated carbocycles. The molecule has 0 spiro atoms. The number of hydrogen-bond donors (Lipinski definition) is 2. The highest BCUT2D eigenvalue weighted by atomic mass is 32.2. The topological polar surface area (TPSA) is 111 Å². The number of benzene rings is 2. The van der Waals surface area contributed by atoms with Crippen molar-refractivity contribution in [3.63, 3.8) is 0 Å². The van der Waals surface area contributed by atoms with E-state index in [1.807, 2.05) is 6.92 Å². The predicted octanol–water partition coefficient (Wildman–Crippen LogP) is 0.686. The minimum Gasteiger partial charge on any atom is -0.595 e. The summed E-state index contributed by atoms with van der Waals surface area (Å²) in [5, 5.41) is 19.2. The van der Waals surface area contributed by atoms with Crippen LogP contribution >= 0.6 is 0 Å². The van der Waals surface area contributed by atoms with Crippen LogP contribution in [0.2, 0.25) is 0 Å². The molecule has 0 aliphatic carbocycles. The lowest BCUT2D eigenvalue weighted by molar-refractivity contribution is -0.991. The molecule has 2 aromatic rings. The molecule has 2 aromatic carbocycles. The van der Waals surface area contributed by atoms with Crippen LogP contribution in [0, 0.1) is 12.1 Å². The van der Waals surface area contributed by atoms with Gasteiger partial charge in [0.2, 0.25) is 10.0 Å². The lowest BCUT2D eigenvalue weighted by atomic mass is 10.1. The molecule has 1 heterocycles. The molecule has 1 fully saturated rings. The summed E-state index contributed by atoms with van der Waals surface area (Å²) in [6.07, 6.45) is 0. The minimum atomic E-state index is -3.93. The third kappa shape index (κ3) is 3.22. The number of rotatable bonds is 5. The number of ether oxygens (including phenoxy) is 1. The maximum Gasteiger partial charge on any atom is 0.326 e. The Morgan fingerprint density at radius 2 is 1.88 bits per heavy atom. The van der Waals surface area contributed by atoms with Gasteiger partial charge in [0.05, 0.1) is 18.0 Å². The van der Waals surface area contributed by atoms with Crippen molar-refractivity contribution in [1.29, 1.82) is 0 Å². The normalized spacial score (nSPS) is 23.3. The summed E-state index contributed by atoms with van der Waals surface area (Å²) in [5.41, 5.74) is 1.35. The van der Waals surface area contributed by atoms with E-state index in [9.17, 15) is 18.4 Å². The number of sulfonamides is 1. The molecule has 0 aromatic heterocycles. The molecule has 1 aliphatic rings. The number of nitrogens with one attached hydrogen (secondary N) is 1. The zero-order chi connectivity index (χ0) is 19.1. The summed E-state index contributed by atoms with van der Waals surface area (Å²) < 4.78 is 31.7. The third-order valence-corrected chi connectivity index (χ3v) is 6.15. The van der Waals surface area contributed by atoms with Gasteiger partial charge in [-0.2, -0.15) is 9.53 Å². The first-order chi connectivity index (χ1) is 12.3. The maximum absolute atomic E-state index is 12.9. The molecule has 1 saturated heterocycles. The molecular formula is C17H18N2O6S. The Kier molecular flexibility index (Phi) is 4.82. The van der Waals surface area contributed by atoms with Gasteiger partial charge < -0.3 is 9.94 Å². The number of nitrogens with zero attached hydrogens (tertiary/aromatic N) is 1. The summed E-state index contributed by atoms with van der Waals surface area (Å²) in [5.74, 6) is -0.689. The van der Waals surface area contributed by atoms with E-state index < -0.39 is 33.3 Å². The van der Waals surface area contributed by atoms with E-state index in [0.29, 0.717) is 5.56 Å². The highest BCUT2D eigenvalue weighted by molar-refractivity contribution is 7.89. The summed E-state index contributed by atoms with van der Waals surface area (Å²) in [4.78, 5) is 12.1. The van der Waals surface area contributed by atoms with E-state index in [0.717, 1.165) is 9.87 Å². The molecule has 0 bridgehead atoms. The largest absolute Gasteiger partial charge is 0.595 e. The monoisotopic (exact) mass is 378 g/mol. The smallest absolute Gasteiger partial charge is 0.326 e. The van der Waals surface area contributed by atoms with Crippen LogP contribution in [0.25, 0.3) is 0 Å². The molecule has 4 atom stereocenters. The van der Waals surface area contributed by atoms with Gasteiger partial charge in [0.25, 0.3) is 0 Å². The zero-order valence-corrected chi connectivity index (χ0v) is 14.9. The Labute approximate surface area is 150 Å². The molecule has 3 rings (SSSR count). The maximum atomic E-state index is 12.9. The molecule has 8 nitrogen and oxygen atoms in total. The van der Waals surface area contributed by atoms with Gasteiger partial charge in [0, 0.05) is 12.1 Å². The first kappa shape index (κ1) is 18.5. The van der Waals surface area contributed by atoms with Crippen molar-refractivity contribution in [2.24, 2.45) is 0 Å². The van der Waals surface area contributed by atoms with Gasteiger partial charge in [-0.25, -0.2) is 13.6 Å². The van der Waals surface area contributed by atoms with Crippen molar-refractivity contribution in [3.8, 4) is 0 Å². The fourth-order valence-electron chi connectivity index (χ4n) is 2.88. The van der Waals surface area contributed by atoms with Crippen molar-refractivity contribution in [3.05, 3.63) is 64.9 Å². The van der Waals surface area contributed by atoms with Crippen molar-refractivity contribution in [2.45, 2.75) is 23.9 Å². The second-order valence-electron chi connectivity index (χ2n) is 5.99. The second kappa shape index (κ2) is 6.78. The highest BCUT2D eigenvalue weighted by Crippen LogP contribution is 2.48. The third-order valence-electron chi connectivity index (χ3n) is 4.27. The Bertz CT molecular complexity index is 927. The number of esters is 1. The van der Waals surface area contributed by atoms with Crippen molar-refractivity contribution in [2.75, 3.05) is 7.11 Å². The number of carbonyl (C=O) groups excluding carboxylic acids is 1. The van der Waals surface area contributed by atoms with Crippen molar-refractivity contribution < 1.29 is 28.4 Å². The fourth-order valence-corrected chi connectivity index (χ4v) is 4.59. The fraction of sp³-hybridized carbons (Fsp3) is 0.235. The summed E-state index contributed by atoms with van der Waals surface area (Å²) >= 11 is 0. The van der Waals surface area contributed by atoms with Crippen molar-refractivity contribution >= 4 is 21.7 Å². The van der Waals surface area contributed by atoms with Crippen LogP contribution in [0.4, 0.5) is 5.69 Å². The van der Waals surface area contributed by atoms with E-state index in [2.05, 4.69) is 0 Å².